The summed E-state index contributed by atoms with van der Waals surface area (Å²) in [5, 5.41) is 0.695. The molecule has 1 aliphatic rings. The molecule has 0 fully saturated rings. The molecule has 3 nitrogen and oxygen atoms in total. The van der Waals surface area contributed by atoms with Gasteiger partial charge in [0.25, 0.3) is 0 Å². The Morgan fingerprint density at radius 2 is 2.10 bits per heavy atom. The van der Waals surface area contributed by atoms with E-state index in [1.807, 2.05) is 29.2 Å². The molecule has 0 atom stereocenters. The van der Waals surface area contributed by atoms with E-state index in [9.17, 15) is 4.79 Å². The van der Waals surface area contributed by atoms with Crippen molar-refractivity contribution in [1.82, 2.24) is 9.88 Å². The van der Waals surface area contributed by atoms with Gasteiger partial charge in [0.2, 0.25) is 5.91 Å². The third kappa shape index (κ3) is 2.91. The summed E-state index contributed by atoms with van der Waals surface area (Å²) in [5.74, 6) is 0.162. The van der Waals surface area contributed by atoms with Crippen LogP contribution in [0.3, 0.4) is 0 Å². The highest BCUT2D eigenvalue weighted by Gasteiger charge is 2.22. The number of aromatic nitrogens is 1. The highest BCUT2D eigenvalue weighted by Crippen LogP contribution is 2.23. The monoisotopic (exact) mass is 352 g/mol. The van der Waals surface area contributed by atoms with Gasteiger partial charge < -0.3 is 9.88 Å². The van der Waals surface area contributed by atoms with Gasteiger partial charge in [0.05, 0.1) is 11.0 Å². The van der Waals surface area contributed by atoms with E-state index in [1.165, 1.54) is 11.3 Å². The van der Waals surface area contributed by atoms with Gasteiger partial charge in [-0.25, -0.2) is 0 Å². The molecule has 1 aliphatic heterocycles. The average Bonchev–Trinajstić information content (AvgIpc) is 2.80. The molecule has 104 valence electrons. The third-order valence-electron chi connectivity index (χ3n) is 3.57. The summed E-state index contributed by atoms with van der Waals surface area (Å²) in [6.45, 7) is 1.45. The molecule has 5 heteroatoms. The third-order valence-corrected chi connectivity index (χ3v) is 4.25. The molecule has 2 heterocycles. The van der Waals surface area contributed by atoms with Gasteiger partial charge in [0.1, 0.15) is 0 Å². The highest BCUT2D eigenvalue weighted by atomic mass is 79.9. The summed E-state index contributed by atoms with van der Waals surface area (Å²) in [6.07, 6.45) is 1.31. The highest BCUT2D eigenvalue weighted by molar-refractivity contribution is 9.10. The quantitative estimate of drug-likeness (QED) is 0.880. The number of carbonyl (C=O) groups is 1. The lowest BCUT2D eigenvalue weighted by atomic mass is 10.1. The van der Waals surface area contributed by atoms with E-state index in [2.05, 4.69) is 27.0 Å². The van der Waals surface area contributed by atoms with Gasteiger partial charge in [-0.1, -0.05) is 23.7 Å². The molecule has 1 amide bonds. The summed E-state index contributed by atoms with van der Waals surface area (Å²) in [7, 11) is 0. The van der Waals surface area contributed by atoms with Crippen LogP contribution in [0.4, 0.5) is 0 Å². The van der Waals surface area contributed by atoms with Gasteiger partial charge in [-0.15, -0.1) is 0 Å². The summed E-state index contributed by atoms with van der Waals surface area (Å²) >= 11 is 9.29. The number of rotatable bonds is 2. The molecular formula is C15H14BrClN2O. The minimum atomic E-state index is 0.162. The van der Waals surface area contributed by atoms with Crippen LogP contribution in [0, 0.1) is 0 Å². The Balaban J connectivity index is 1.68. The number of benzene rings is 1. The van der Waals surface area contributed by atoms with Crippen molar-refractivity contribution >= 4 is 33.4 Å². The van der Waals surface area contributed by atoms with Gasteiger partial charge in [0.15, 0.2) is 0 Å². The van der Waals surface area contributed by atoms with Crippen LogP contribution in [-0.4, -0.2) is 22.3 Å². The molecule has 1 N–H and O–H groups in total. The maximum absolute atomic E-state index is 12.3. The molecule has 0 spiro atoms. The number of carbonyl (C=O) groups excluding carboxylic acids is 1. The van der Waals surface area contributed by atoms with E-state index in [0.29, 0.717) is 18.0 Å². The molecule has 3 rings (SSSR count). The van der Waals surface area contributed by atoms with Crippen molar-refractivity contribution in [3.63, 3.8) is 0 Å². The smallest absolute Gasteiger partial charge is 0.227 e. The first-order chi connectivity index (χ1) is 9.61. The van der Waals surface area contributed by atoms with Crippen LogP contribution in [0.15, 0.2) is 34.9 Å². The Labute approximate surface area is 131 Å². The molecule has 20 heavy (non-hydrogen) atoms. The number of amides is 1. The maximum Gasteiger partial charge on any atom is 0.227 e. The average molecular weight is 354 g/mol. The van der Waals surface area contributed by atoms with E-state index in [-0.39, 0.29) is 5.91 Å². The summed E-state index contributed by atoms with van der Waals surface area (Å²) in [5.41, 5.74) is 3.43. The lowest BCUT2D eigenvalue weighted by molar-refractivity contribution is -0.131. The van der Waals surface area contributed by atoms with Crippen LogP contribution in [0.25, 0.3) is 0 Å². The molecule has 0 aliphatic carbocycles. The van der Waals surface area contributed by atoms with E-state index < -0.39 is 0 Å². The number of hydrogen-bond donors (Lipinski definition) is 1. The zero-order valence-electron chi connectivity index (χ0n) is 10.8. The fourth-order valence-electron chi connectivity index (χ4n) is 2.50. The van der Waals surface area contributed by atoms with E-state index in [4.69, 9.17) is 11.6 Å². The first-order valence-corrected chi connectivity index (χ1v) is 7.67. The summed E-state index contributed by atoms with van der Waals surface area (Å²) in [4.78, 5) is 17.5. The second-order valence-corrected chi connectivity index (χ2v) is 6.28. The lowest BCUT2D eigenvalue weighted by Crippen LogP contribution is -2.36. The number of aromatic amines is 1. The molecule has 2 aromatic rings. The van der Waals surface area contributed by atoms with Crippen LogP contribution in [0.1, 0.15) is 16.8 Å². The van der Waals surface area contributed by atoms with Gasteiger partial charge >= 0.3 is 0 Å². The van der Waals surface area contributed by atoms with Crippen LogP contribution in [0.5, 0.6) is 0 Å². The van der Waals surface area contributed by atoms with Gasteiger partial charge in [0, 0.05) is 30.2 Å². The van der Waals surface area contributed by atoms with Crippen molar-refractivity contribution in [2.45, 2.75) is 19.4 Å². The lowest BCUT2D eigenvalue weighted by Gasteiger charge is -2.27. The minimum absolute atomic E-state index is 0.162. The van der Waals surface area contributed by atoms with Crippen LogP contribution in [0.2, 0.25) is 5.02 Å². The predicted octanol–water partition coefficient (Wildman–Crippen LogP) is 3.56. The van der Waals surface area contributed by atoms with E-state index >= 15 is 0 Å². The van der Waals surface area contributed by atoms with Crippen molar-refractivity contribution < 1.29 is 4.79 Å². The van der Waals surface area contributed by atoms with E-state index in [0.717, 1.165) is 23.1 Å². The molecule has 0 unspecified atom stereocenters. The van der Waals surface area contributed by atoms with Crippen molar-refractivity contribution in [1.29, 1.82) is 0 Å². The minimum Gasteiger partial charge on any atom is -0.353 e. The van der Waals surface area contributed by atoms with Crippen LogP contribution in [-0.2, 0) is 24.2 Å². The summed E-state index contributed by atoms with van der Waals surface area (Å²) < 4.78 is 0.981. The Morgan fingerprint density at radius 3 is 2.85 bits per heavy atom. The maximum atomic E-state index is 12.3. The molecular weight excluding hydrogens is 340 g/mol. The number of fused-ring (bicyclic) bond motifs is 1. The van der Waals surface area contributed by atoms with Crippen molar-refractivity contribution in [2.24, 2.45) is 0 Å². The Kier molecular flexibility index (Phi) is 3.85. The molecule has 0 saturated heterocycles. The number of halogens is 2. The number of nitrogens with zero attached hydrogens (tertiary/aromatic N) is 1. The second-order valence-electron chi connectivity index (χ2n) is 4.99. The fraction of sp³-hybridized carbons (Fsp3) is 0.267. The molecule has 0 bridgehead atoms. The van der Waals surface area contributed by atoms with E-state index in [1.54, 1.807) is 0 Å². The first-order valence-electron chi connectivity index (χ1n) is 6.50. The van der Waals surface area contributed by atoms with Crippen LogP contribution >= 0.6 is 27.5 Å². The van der Waals surface area contributed by atoms with Gasteiger partial charge in [-0.2, -0.15) is 0 Å². The zero-order valence-corrected chi connectivity index (χ0v) is 13.2. The van der Waals surface area contributed by atoms with Crippen LogP contribution < -0.4 is 0 Å². The standard InChI is InChI=1S/C15H14BrClN2O/c16-14-8-11-9-19(6-5-13(11)18-14)15(20)7-10-1-3-12(17)4-2-10/h1-4,8,18H,5-7,9H2. The molecule has 0 radical (unpaired) electrons. The predicted molar refractivity (Wildman–Crippen MR) is 82.8 cm³/mol. The first kappa shape index (κ1) is 13.7. The molecule has 1 aromatic heterocycles. The summed E-state index contributed by atoms with van der Waals surface area (Å²) in [6, 6.07) is 9.51. The Hall–Kier alpha value is -1.26. The van der Waals surface area contributed by atoms with Crippen molar-refractivity contribution in [3.05, 3.63) is 56.8 Å². The molecule has 0 saturated carbocycles. The topological polar surface area (TPSA) is 36.1 Å². The largest absolute Gasteiger partial charge is 0.353 e. The van der Waals surface area contributed by atoms with Crippen molar-refractivity contribution in [2.75, 3.05) is 6.54 Å². The molecule has 1 aromatic carbocycles. The normalized spacial score (nSPS) is 14.2. The second kappa shape index (κ2) is 5.62. The number of H-pyrrole nitrogens is 1. The fourth-order valence-corrected chi connectivity index (χ4v) is 3.14. The SMILES string of the molecule is O=C(Cc1ccc(Cl)cc1)N1CCc2[nH]c(Br)cc2C1. The zero-order chi connectivity index (χ0) is 14.1. The number of nitrogens with one attached hydrogen (secondary N) is 1. The Bertz CT molecular complexity index is 636. The Morgan fingerprint density at radius 1 is 1.35 bits per heavy atom. The van der Waals surface area contributed by atoms with Gasteiger partial charge in [-0.3, -0.25) is 4.79 Å². The van der Waals surface area contributed by atoms with Gasteiger partial charge in [-0.05, 0) is 45.3 Å². The van der Waals surface area contributed by atoms with Crippen molar-refractivity contribution in [3.8, 4) is 0 Å². The number of hydrogen-bond acceptors (Lipinski definition) is 1.